The first-order chi connectivity index (χ1) is 23.3. The Labute approximate surface area is 312 Å². The van der Waals surface area contributed by atoms with Gasteiger partial charge in [0.05, 0.1) is 0 Å². The zero-order chi connectivity index (χ0) is 34.0. The monoisotopic (exact) mass is 734 g/mol. The summed E-state index contributed by atoms with van der Waals surface area (Å²) in [5, 5.41) is 22.8. The highest BCUT2D eigenvalue weighted by Crippen LogP contribution is 2.43. The van der Waals surface area contributed by atoms with Crippen molar-refractivity contribution in [3.05, 3.63) is 71.8 Å². The summed E-state index contributed by atoms with van der Waals surface area (Å²) in [5.41, 5.74) is -1.68. The molecule has 0 amide bonds. The molecule has 2 aliphatic heterocycles. The first-order valence-electron chi connectivity index (χ1n) is 18.7. The van der Waals surface area contributed by atoms with Gasteiger partial charge < -0.3 is 19.7 Å². The summed E-state index contributed by atoms with van der Waals surface area (Å²) in [6.45, 7) is 9.52. The van der Waals surface area contributed by atoms with Crippen molar-refractivity contribution in [3.63, 3.8) is 0 Å². The molecule has 4 atom stereocenters. The van der Waals surface area contributed by atoms with Crippen LogP contribution in [0.5, 0.6) is 0 Å². The van der Waals surface area contributed by atoms with Crippen LogP contribution in [0.15, 0.2) is 60.7 Å². The number of piperidine rings is 1. The van der Waals surface area contributed by atoms with Gasteiger partial charge in [0, 0.05) is 24.4 Å². The molecule has 2 N–H and O–H groups in total. The second kappa shape index (κ2) is 20.1. The third-order valence-electron chi connectivity index (χ3n) is 11.4. The second-order valence-electron chi connectivity index (χ2n) is 14.3. The SMILES string of the molecule is CCN1CCCC(OC(=O)C(O)(c2ccccc2)C2CCCC2)C1.CCN1CCCC1COC(=O)C(O)(c1ccccc1)C1CCCC1.Cl.Cl. The maximum Gasteiger partial charge on any atom is 0.343 e. The average Bonchev–Trinajstić information content (AvgIpc) is 3.95. The van der Waals surface area contributed by atoms with Crippen molar-refractivity contribution in [2.45, 2.75) is 114 Å². The van der Waals surface area contributed by atoms with Crippen molar-refractivity contribution in [1.82, 2.24) is 9.80 Å². The zero-order valence-electron chi connectivity index (χ0n) is 30.0. The fourth-order valence-corrected chi connectivity index (χ4v) is 8.53. The molecule has 50 heavy (non-hydrogen) atoms. The van der Waals surface area contributed by atoms with Crippen molar-refractivity contribution in [1.29, 1.82) is 0 Å². The van der Waals surface area contributed by atoms with Gasteiger partial charge in [-0.1, -0.05) is 100 Å². The Kier molecular flexibility index (Phi) is 17.0. The van der Waals surface area contributed by atoms with E-state index in [1.807, 2.05) is 60.7 Å². The molecule has 4 aliphatic rings. The number of esters is 2. The predicted molar refractivity (Wildman–Crippen MR) is 202 cm³/mol. The Morgan fingerprint density at radius 2 is 1.18 bits per heavy atom. The number of ether oxygens (including phenoxy) is 2. The highest BCUT2D eigenvalue weighted by atomic mass is 35.5. The zero-order valence-corrected chi connectivity index (χ0v) is 31.7. The van der Waals surface area contributed by atoms with Crippen molar-refractivity contribution in [2.24, 2.45) is 11.8 Å². The van der Waals surface area contributed by atoms with E-state index in [2.05, 4.69) is 23.6 Å². The lowest BCUT2D eigenvalue weighted by atomic mass is 9.80. The maximum atomic E-state index is 13.0. The Balaban J connectivity index is 0.000000260. The van der Waals surface area contributed by atoms with E-state index in [1.54, 1.807) is 0 Å². The normalized spacial score (nSPS) is 24.1. The number of carbonyl (C=O) groups is 2. The number of hydrogen-bond donors (Lipinski definition) is 2. The summed E-state index contributed by atoms with van der Waals surface area (Å²) < 4.78 is 11.5. The van der Waals surface area contributed by atoms with E-state index in [0.29, 0.717) is 23.8 Å². The lowest BCUT2D eigenvalue weighted by Gasteiger charge is -2.36. The van der Waals surface area contributed by atoms with E-state index in [1.165, 1.54) is 0 Å². The van der Waals surface area contributed by atoms with Crippen LogP contribution < -0.4 is 0 Å². The Morgan fingerprint density at radius 3 is 1.68 bits per heavy atom. The van der Waals surface area contributed by atoms with Crippen LogP contribution in [0.3, 0.4) is 0 Å². The van der Waals surface area contributed by atoms with Gasteiger partial charge in [-0.15, -0.1) is 24.8 Å². The lowest BCUT2D eigenvalue weighted by Crippen LogP contribution is -2.47. The fraction of sp³-hybridized carbons (Fsp3) is 0.650. The predicted octanol–water partition coefficient (Wildman–Crippen LogP) is 7.03. The number of halogens is 2. The molecule has 2 aliphatic carbocycles. The largest absolute Gasteiger partial charge is 0.462 e. The summed E-state index contributed by atoms with van der Waals surface area (Å²) in [4.78, 5) is 30.6. The van der Waals surface area contributed by atoms with E-state index in [9.17, 15) is 19.8 Å². The number of likely N-dealkylation sites (tertiary alicyclic amines) is 2. The topological polar surface area (TPSA) is 99.5 Å². The van der Waals surface area contributed by atoms with Gasteiger partial charge in [-0.3, -0.25) is 9.80 Å². The third kappa shape index (κ3) is 9.81. The van der Waals surface area contributed by atoms with Gasteiger partial charge in [-0.2, -0.15) is 0 Å². The minimum atomic E-state index is -1.51. The van der Waals surface area contributed by atoms with E-state index in [0.717, 1.165) is 110 Å². The minimum Gasteiger partial charge on any atom is -0.462 e. The highest BCUT2D eigenvalue weighted by molar-refractivity contribution is 5.85. The molecule has 2 saturated carbocycles. The van der Waals surface area contributed by atoms with Crippen molar-refractivity contribution in [2.75, 3.05) is 39.3 Å². The van der Waals surface area contributed by atoms with Gasteiger partial charge in [0.25, 0.3) is 0 Å². The van der Waals surface area contributed by atoms with Crippen LogP contribution in [0.25, 0.3) is 0 Å². The summed E-state index contributed by atoms with van der Waals surface area (Å²) in [6.07, 6.45) is 11.8. The molecule has 0 radical (unpaired) electrons. The number of benzene rings is 2. The van der Waals surface area contributed by atoms with E-state index in [4.69, 9.17) is 9.47 Å². The molecular formula is C40H60Cl2N2O6. The molecular weight excluding hydrogens is 675 g/mol. The van der Waals surface area contributed by atoms with E-state index >= 15 is 0 Å². The number of carbonyl (C=O) groups excluding carboxylic acids is 2. The minimum absolute atomic E-state index is 0. The van der Waals surface area contributed by atoms with Gasteiger partial charge in [0.15, 0.2) is 11.2 Å². The number of nitrogens with zero attached hydrogens (tertiary/aromatic N) is 2. The number of likely N-dealkylation sites (N-methyl/N-ethyl adjacent to an activating group) is 2. The molecule has 2 heterocycles. The molecule has 10 heteroatoms. The van der Waals surface area contributed by atoms with Crippen molar-refractivity contribution in [3.8, 4) is 0 Å². The number of hydrogen-bond acceptors (Lipinski definition) is 8. The first-order valence-corrected chi connectivity index (χ1v) is 18.7. The number of aliphatic hydroxyl groups is 2. The van der Waals surface area contributed by atoms with E-state index < -0.39 is 23.1 Å². The molecule has 0 aromatic heterocycles. The summed E-state index contributed by atoms with van der Waals surface area (Å²) in [7, 11) is 0. The van der Waals surface area contributed by atoms with Gasteiger partial charge in [-0.25, -0.2) is 9.59 Å². The summed E-state index contributed by atoms with van der Waals surface area (Å²) >= 11 is 0. The maximum absolute atomic E-state index is 13.0. The van der Waals surface area contributed by atoms with Crippen LogP contribution in [0.1, 0.15) is 102 Å². The molecule has 8 nitrogen and oxygen atoms in total. The molecule has 4 fully saturated rings. The fourth-order valence-electron chi connectivity index (χ4n) is 8.53. The van der Waals surface area contributed by atoms with Crippen LogP contribution in [0.4, 0.5) is 0 Å². The molecule has 2 aromatic carbocycles. The average molecular weight is 736 g/mol. The summed E-state index contributed by atoms with van der Waals surface area (Å²) in [6, 6.07) is 19.0. The van der Waals surface area contributed by atoms with Crippen LogP contribution >= 0.6 is 24.8 Å². The van der Waals surface area contributed by atoms with Crippen LogP contribution in [-0.4, -0.2) is 83.4 Å². The highest BCUT2D eigenvalue weighted by Gasteiger charge is 2.49. The van der Waals surface area contributed by atoms with Gasteiger partial charge in [0.2, 0.25) is 0 Å². The lowest BCUT2D eigenvalue weighted by molar-refractivity contribution is -0.181. The van der Waals surface area contributed by atoms with Gasteiger partial charge >= 0.3 is 11.9 Å². The summed E-state index contributed by atoms with van der Waals surface area (Å²) in [5.74, 6) is -1.01. The smallest absolute Gasteiger partial charge is 0.343 e. The van der Waals surface area contributed by atoms with Crippen LogP contribution in [0.2, 0.25) is 0 Å². The molecule has 4 unspecified atom stereocenters. The first kappa shape index (κ1) is 42.2. The standard InChI is InChI=1S/2C20H29NO3.2ClH/c1-2-21-14-8-13-18(21)15-24-19(22)20(23,17-11-6-7-12-17)16-9-4-3-5-10-16;1-2-21-14-8-13-18(15-21)24-19(22)20(23,17-11-6-7-12-17)16-9-4-3-5-10-16;;/h2*3-5,9-10,17-18,23H,2,6-8,11-15H2,1H3;2*1H. The number of rotatable bonds is 11. The molecule has 6 rings (SSSR count). The Morgan fingerprint density at radius 1 is 0.680 bits per heavy atom. The Bertz CT molecular complexity index is 1290. The van der Waals surface area contributed by atoms with Crippen molar-refractivity contribution < 1.29 is 29.3 Å². The Hall–Kier alpha value is -2.20. The molecule has 2 aromatic rings. The molecule has 280 valence electrons. The van der Waals surface area contributed by atoms with Crippen LogP contribution in [0, 0.1) is 11.8 Å². The van der Waals surface area contributed by atoms with Crippen LogP contribution in [-0.2, 0) is 30.3 Å². The second-order valence-corrected chi connectivity index (χ2v) is 14.3. The van der Waals surface area contributed by atoms with Gasteiger partial charge in [0.1, 0.15) is 12.7 Å². The quantitative estimate of drug-likeness (QED) is 0.238. The molecule has 2 saturated heterocycles. The molecule has 0 bridgehead atoms. The molecule has 0 spiro atoms. The van der Waals surface area contributed by atoms with Gasteiger partial charge in [-0.05, 0) is 88.7 Å². The van der Waals surface area contributed by atoms with Crippen molar-refractivity contribution >= 4 is 36.8 Å². The van der Waals surface area contributed by atoms with E-state index in [-0.39, 0.29) is 42.8 Å². The third-order valence-corrected chi connectivity index (χ3v) is 11.4.